The number of hydrogen-bond acceptors (Lipinski definition) is 5. The molecule has 0 unspecified atom stereocenters. The molecule has 28 heavy (non-hydrogen) atoms. The van der Waals surface area contributed by atoms with Crippen molar-refractivity contribution in [3.8, 4) is 0 Å². The summed E-state index contributed by atoms with van der Waals surface area (Å²) in [6, 6.07) is 1.99. The van der Waals surface area contributed by atoms with Crippen molar-refractivity contribution in [2.75, 3.05) is 51.6 Å². The summed E-state index contributed by atoms with van der Waals surface area (Å²) in [5.41, 5.74) is 1.83. The third-order valence-electron chi connectivity index (χ3n) is 5.78. The van der Waals surface area contributed by atoms with Crippen LogP contribution in [0.15, 0.2) is 31.0 Å². The Labute approximate surface area is 165 Å². The summed E-state index contributed by atoms with van der Waals surface area (Å²) in [5, 5.41) is 2.82. The van der Waals surface area contributed by atoms with Gasteiger partial charge in [-0.3, -0.25) is 19.4 Å². The number of likely N-dealkylation sites (N-methyl/N-ethyl adjacent to an activating group) is 1. The van der Waals surface area contributed by atoms with Crippen LogP contribution >= 0.6 is 0 Å². The average molecular weight is 381 g/mol. The molecule has 1 aromatic heterocycles. The second kappa shape index (κ2) is 7.85. The molecule has 2 fully saturated rings. The van der Waals surface area contributed by atoms with Gasteiger partial charge in [0.1, 0.15) is 5.82 Å². The normalized spacial score (nSPS) is 25.5. The predicted molar refractivity (Wildman–Crippen MR) is 108 cm³/mol. The molecule has 0 radical (unpaired) electrons. The lowest BCUT2D eigenvalue weighted by atomic mass is 10.0. The van der Waals surface area contributed by atoms with Crippen LogP contribution in [-0.2, 0) is 16.1 Å². The molecule has 4 heterocycles. The molecule has 7 nitrogen and oxygen atoms in total. The summed E-state index contributed by atoms with van der Waals surface area (Å²) in [6.07, 6.45) is 7.11. The van der Waals surface area contributed by atoms with Crippen molar-refractivity contribution < 1.29 is 9.59 Å². The van der Waals surface area contributed by atoms with E-state index < -0.39 is 0 Å². The summed E-state index contributed by atoms with van der Waals surface area (Å²) < 4.78 is 0. The van der Waals surface area contributed by atoms with Crippen molar-refractivity contribution in [1.82, 2.24) is 19.7 Å². The molecule has 0 spiro atoms. The first kappa shape index (κ1) is 18.8. The van der Waals surface area contributed by atoms with Gasteiger partial charge in [0.2, 0.25) is 11.8 Å². The number of likely N-dealkylation sites (tertiary alicyclic amines) is 2. The van der Waals surface area contributed by atoms with Crippen molar-refractivity contribution in [2.24, 2.45) is 11.8 Å². The summed E-state index contributed by atoms with van der Waals surface area (Å²) in [4.78, 5) is 35.1. The number of fused-ring (bicyclic) bond motifs is 2. The third-order valence-corrected chi connectivity index (χ3v) is 5.78. The maximum atomic E-state index is 12.6. The van der Waals surface area contributed by atoms with Gasteiger partial charge < -0.3 is 10.2 Å². The summed E-state index contributed by atoms with van der Waals surface area (Å²) >= 11 is 0. The number of anilines is 1. The van der Waals surface area contributed by atoms with Gasteiger partial charge in [0.05, 0.1) is 6.54 Å². The fourth-order valence-electron chi connectivity index (χ4n) is 4.49. The van der Waals surface area contributed by atoms with Crippen LogP contribution in [0.3, 0.4) is 0 Å². The van der Waals surface area contributed by atoms with Crippen LogP contribution in [0.5, 0.6) is 0 Å². The highest BCUT2D eigenvalue weighted by Gasteiger charge is 2.40. The third kappa shape index (κ3) is 4.00. The summed E-state index contributed by atoms with van der Waals surface area (Å²) in [6.45, 7) is 9.51. The van der Waals surface area contributed by atoms with E-state index in [0.717, 1.165) is 43.9 Å². The molecule has 2 amide bonds. The number of amides is 2. The van der Waals surface area contributed by atoms with Gasteiger partial charge in [0, 0.05) is 57.1 Å². The Balaban J connectivity index is 1.38. The molecule has 0 aliphatic carbocycles. The molecule has 3 aliphatic heterocycles. The average Bonchev–Trinajstić information content (AvgIpc) is 3.15. The second-order valence-electron chi connectivity index (χ2n) is 8.10. The van der Waals surface area contributed by atoms with Crippen LogP contribution in [0.2, 0.25) is 0 Å². The minimum Gasteiger partial charge on any atom is -0.338 e. The van der Waals surface area contributed by atoms with Gasteiger partial charge in [-0.25, -0.2) is 4.98 Å². The van der Waals surface area contributed by atoms with Crippen LogP contribution in [0.1, 0.15) is 11.1 Å². The van der Waals surface area contributed by atoms with Crippen molar-refractivity contribution in [3.05, 3.63) is 42.1 Å². The molecule has 0 saturated carbocycles. The summed E-state index contributed by atoms with van der Waals surface area (Å²) in [5.74, 6) is 1.76. The monoisotopic (exact) mass is 381 g/mol. The van der Waals surface area contributed by atoms with Gasteiger partial charge in [-0.05, 0) is 36.6 Å². The standard InChI is InChI=1S/C21H27N5O2/c1-3-6-25-10-17-12-26(13-18(17)11-25)20(28)5-4-15-7-16-9-24(2)14-19(27)23-21(16)22-8-15/h3-5,7-8,17-18H,1,6,9-14H2,2H3,(H,22,23,27)/b5-4+/t17-,18+. The van der Waals surface area contributed by atoms with Gasteiger partial charge in [-0.15, -0.1) is 6.58 Å². The van der Waals surface area contributed by atoms with E-state index in [1.165, 1.54) is 0 Å². The number of pyridine rings is 1. The van der Waals surface area contributed by atoms with Crippen molar-refractivity contribution >= 4 is 23.7 Å². The fraction of sp³-hybridized carbons (Fsp3) is 0.476. The number of hydrogen-bond donors (Lipinski definition) is 1. The topological polar surface area (TPSA) is 68.8 Å². The Kier molecular flexibility index (Phi) is 5.28. The van der Waals surface area contributed by atoms with E-state index in [9.17, 15) is 9.59 Å². The highest BCUT2D eigenvalue weighted by atomic mass is 16.2. The largest absolute Gasteiger partial charge is 0.338 e. The maximum absolute atomic E-state index is 12.6. The molecule has 1 N–H and O–H groups in total. The van der Waals surface area contributed by atoms with E-state index in [1.54, 1.807) is 12.3 Å². The minimum atomic E-state index is -0.0570. The number of rotatable bonds is 4. The molecule has 7 heteroatoms. The van der Waals surface area contributed by atoms with Gasteiger partial charge >= 0.3 is 0 Å². The number of nitrogens with one attached hydrogen (secondary N) is 1. The SMILES string of the molecule is C=CCN1C[C@@H]2CN(C(=O)/C=C/c3cnc4c(c3)CN(C)CC(=O)N4)C[C@@H]2C1. The highest BCUT2D eigenvalue weighted by Crippen LogP contribution is 2.31. The molecule has 4 rings (SSSR count). The first-order valence-corrected chi connectivity index (χ1v) is 9.79. The van der Waals surface area contributed by atoms with Crippen molar-refractivity contribution in [3.63, 3.8) is 0 Å². The quantitative estimate of drug-likeness (QED) is 0.624. The molecule has 1 aromatic rings. The lowest BCUT2D eigenvalue weighted by molar-refractivity contribution is -0.125. The Bertz CT molecular complexity index is 807. The summed E-state index contributed by atoms with van der Waals surface area (Å²) in [7, 11) is 1.90. The van der Waals surface area contributed by atoms with E-state index in [0.29, 0.717) is 30.7 Å². The lowest BCUT2D eigenvalue weighted by Crippen LogP contribution is -2.32. The number of carbonyl (C=O) groups is 2. The van der Waals surface area contributed by atoms with Crippen LogP contribution in [-0.4, -0.2) is 77.8 Å². The molecule has 2 atom stereocenters. The van der Waals surface area contributed by atoms with E-state index in [-0.39, 0.29) is 11.8 Å². The zero-order valence-corrected chi connectivity index (χ0v) is 16.3. The van der Waals surface area contributed by atoms with E-state index in [2.05, 4.69) is 21.8 Å². The zero-order valence-electron chi connectivity index (χ0n) is 16.3. The van der Waals surface area contributed by atoms with Gasteiger partial charge in [0.15, 0.2) is 0 Å². The molecular weight excluding hydrogens is 354 g/mol. The van der Waals surface area contributed by atoms with Crippen LogP contribution in [0.4, 0.5) is 5.82 Å². The Morgan fingerprint density at radius 1 is 1.29 bits per heavy atom. The smallest absolute Gasteiger partial charge is 0.246 e. The zero-order chi connectivity index (χ0) is 19.7. The number of aromatic nitrogens is 1. The Hall–Kier alpha value is -2.51. The van der Waals surface area contributed by atoms with Crippen molar-refractivity contribution in [1.29, 1.82) is 0 Å². The Morgan fingerprint density at radius 2 is 2.04 bits per heavy atom. The first-order chi connectivity index (χ1) is 13.5. The predicted octanol–water partition coefficient (Wildman–Crippen LogP) is 1.05. The molecule has 3 aliphatic rings. The fourth-order valence-corrected chi connectivity index (χ4v) is 4.49. The molecule has 0 aromatic carbocycles. The minimum absolute atomic E-state index is 0.0570. The van der Waals surface area contributed by atoms with Crippen LogP contribution < -0.4 is 5.32 Å². The maximum Gasteiger partial charge on any atom is 0.246 e. The lowest BCUT2D eigenvalue weighted by Gasteiger charge is -2.19. The number of nitrogens with zero attached hydrogens (tertiary/aromatic N) is 4. The Morgan fingerprint density at radius 3 is 2.75 bits per heavy atom. The van der Waals surface area contributed by atoms with Gasteiger partial charge in [-0.1, -0.05) is 6.08 Å². The first-order valence-electron chi connectivity index (χ1n) is 9.79. The van der Waals surface area contributed by atoms with Gasteiger partial charge in [0.25, 0.3) is 0 Å². The second-order valence-corrected chi connectivity index (χ2v) is 8.10. The van der Waals surface area contributed by atoms with E-state index in [1.807, 2.05) is 35.1 Å². The van der Waals surface area contributed by atoms with E-state index >= 15 is 0 Å². The van der Waals surface area contributed by atoms with Crippen LogP contribution in [0, 0.1) is 11.8 Å². The van der Waals surface area contributed by atoms with Crippen LogP contribution in [0.25, 0.3) is 6.08 Å². The highest BCUT2D eigenvalue weighted by molar-refractivity contribution is 5.93. The van der Waals surface area contributed by atoms with E-state index in [4.69, 9.17) is 0 Å². The molecular formula is C21H27N5O2. The number of carbonyl (C=O) groups excluding carboxylic acids is 2. The molecule has 0 bridgehead atoms. The molecule has 148 valence electrons. The van der Waals surface area contributed by atoms with Crippen molar-refractivity contribution in [2.45, 2.75) is 6.54 Å². The van der Waals surface area contributed by atoms with Gasteiger partial charge in [-0.2, -0.15) is 0 Å². The molecule has 2 saturated heterocycles.